The number of sulfonamides is 1. The minimum absolute atomic E-state index is 0.186. The highest BCUT2D eigenvalue weighted by Gasteiger charge is 2.39. The first-order valence-electron chi connectivity index (χ1n) is 9.61. The molecule has 0 aliphatic carbocycles. The number of likely N-dealkylation sites (tertiary alicyclic amines) is 2. The molecule has 3 rings (SSSR count). The molecular weight excluding hydrogens is 402 g/mol. The van der Waals surface area contributed by atoms with Crippen LogP contribution in [0.2, 0.25) is 5.02 Å². The van der Waals surface area contributed by atoms with E-state index in [-0.39, 0.29) is 11.9 Å². The molecule has 28 heavy (non-hydrogen) atoms. The molecule has 7 nitrogen and oxygen atoms in total. The van der Waals surface area contributed by atoms with Gasteiger partial charge in [-0.2, -0.15) is 4.31 Å². The van der Waals surface area contributed by atoms with Crippen molar-refractivity contribution in [1.82, 2.24) is 14.1 Å². The van der Waals surface area contributed by atoms with Crippen LogP contribution in [-0.4, -0.2) is 87.1 Å². The molecule has 0 aromatic heterocycles. The summed E-state index contributed by atoms with van der Waals surface area (Å²) in [6.45, 7) is 4.01. The number of hydrogen-bond donors (Lipinski definition) is 0. The molecule has 0 spiro atoms. The van der Waals surface area contributed by atoms with Crippen LogP contribution in [0, 0.1) is 0 Å². The maximum absolute atomic E-state index is 12.8. The number of piperidine rings is 1. The molecule has 1 amide bonds. The molecule has 9 heteroatoms. The Labute approximate surface area is 172 Å². The standard InChI is InChI=1S/C19H28ClN3O4S/c1-27-18-7-6-15(20)12-17(18)19(24)22-13-16(14-22)23(28(2,25)26)11-10-21-8-4-3-5-9-21/h6-7,12,16H,3-5,8-11,13-14H2,1-2H3. The van der Waals surface area contributed by atoms with Crippen molar-refractivity contribution in [3.63, 3.8) is 0 Å². The summed E-state index contributed by atoms with van der Waals surface area (Å²) in [5, 5.41) is 0.459. The first-order chi connectivity index (χ1) is 13.3. The van der Waals surface area contributed by atoms with Crippen molar-refractivity contribution in [2.45, 2.75) is 25.3 Å². The summed E-state index contributed by atoms with van der Waals surface area (Å²) in [6.07, 6.45) is 4.84. The summed E-state index contributed by atoms with van der Waals surface area (Å²) in [7, 11) is -1.83. The quantitative estimate of drug-likeness (QED) is 0.662. The van der Waals surface area contributed by atoms with Gasteiger partial charge in [-0.1, -0.05) is 18.0 Å². The van der Waals surface area contributed by atoms with E-state index in [1.54, 1.807) is 27.4 Å². The first-order valence-corrected chi connectivity index (χ1v) is 11.8. The SMILES string of the molecule is COc1ccc(Cl)cc1C(=O)N1CC(N(CCN2CCCCC2)S(C)(=O)=O)C1. The predicted octanol–water partition coefficient (Wildman–Crippen LogP) is 1.92. The van der Waals surface area contributed by atoms with Crippen molar-refractivity contribution in [3.8, 4) is 5.75 Å². The highest BCUT2D eigenvalue weighted by atomic mass is 35.5. The molecule has 1 aromatic carbocycles. The third-order valence-electron chi connectivity index (χ3n) is 5.46. The van der Waals surface area contributed by atoms with Crippen molar-refractivity contribution < 1.29 is 17.9 Å². The van der Waals surface area contributed by atoms with Gasteiger partial charge in [0.15, 0.2) is 0 Å². The molecule has 0 saturated carbocycles. The van der Waals surface area contributed by atoms with Gasteiger partial charge in [0.1, 0.15) is 5.75 Å². The Balaban J connectivity index is 1.62. The van der Waals surface area contributed by atoms with Crippen LogP contribution in [0.5, 0.6) is 5.75 Å². The molecule has 0 radical (unpaired) electrons. The molecule has 2 fully saturated rings. The Morgan fingerprint density at radius 2 is 1.93 bits per heavy atom. The van der Waals surface area contributed by atoms with Gasteiger partial charge in [0.25, 0.3) is 5.91 Å². The van der Waals surface area contributed by atoms with Crippen molar-refractivity contribution >= 4 is 27.5 Å². The van der Waals surface area contributed by atoms with Crippen LogP contribution >= 0.6 is 11.6 Å². The smallest absolute Gasteiger partial charge is 0.257 e. The Morgan fingerprint density at radius 3 is 2.54 bits per heavy atom. The van der Waals surface area contributed by atoms with Gasteiger partial charge >= 0.3 is 0 Å². The van der Waals surface area contributed by atoms with Gasteiger partial charge in [0, 0.05) is 31.2 Å². The molecule has 2 saturated heterocycles. The van der Waals surface area contributed by atoms with Crippen molar-refractivity contribution in [2.24, 2.45) is 0 Å². The summed E-state index contributed by atoms with van der Waals surface area (Å²) >= 11 is 6.02. The van der Waals surface area contributed by atoms with Gasteiger partial charge in [-0.25, -0.2) is 8.42 Å². The largest absolute Gasteiger partial charge is 0.496 e. The van der Waals surface area contributed by atoms with E-state index in [0.29, 0.717) is 36.0 Å². The monoisotopic (exact) mass is 429 g/mol. The predicted molar refractivity (Wildman–Crippen MR) is 110 cm³/mol. The number of carbonyl (C=O) groups is 1. The fraction of sp³-hybridized carbons (Fsp3) is 0.632. The van der Waals surface area contributed by atoms with E-state index in [0.717, 1.165) is 19.6 Å². The van der Waals surface area contributed by atoms with E-state index in [1.165, 1.54) is 32.6 Å². The second-order valence-electron chi connectivity index (χ2n) is 7.48. The zero-order valence-electron chi connectivity index (χ0n) is 16.4. The maximum atomic E-state index is 12.8. The third kappa shape index (κ3) is 4.97. The van der Waals surface area contributed by atoms with Crippen LogP contribution in [0.4, 0.5) is 0 Å². The minimum Gasteiger partial charge on any atom is -0.496 e. The third-order valence-corrected chi connectivity index (χ3v) is 7.03. The normalized spacial score (nSPS) is 18.9. The summed E-state index contributed by atoms with van der Waals surface area (Å²) < 4.78 is 31.4. The lowest BCUT2D eigenvalue weighted by molar-refractivity contribution is 0.0434. The lowest BCUT2D eigenvalue weighted by Gasteiger charge is -2.44. The molecule has 0 N–H and O–H groups in total. The molecule has 0 bridgehead atoms. The Morgan fingerprint density at radius 1 is 1.25 bits per heavy atom. The number of rotatable bonds is 7. The Hall–Kier alpha value is -1.35. The summed E-state index contributed by atoms with van der Waals surface area (Å²) in [4.78, 5) is 16.7. The van der Waals surface area contributed by atoms with Crippen LogP contribution in [-0.2, 0) is 10.0 Å². The second kappa shape index (κ2) is 8.98. The summed E-state index contributed by atoms with van der Waals surface area (Å²) in [5.41, 5.74) is 0.396. The van der Waals surface area contributed by atoms with Crippen LogP contribution in [0.1, 0.15) is 29.6 Å². The molecular formula is C19H28ClN3O4S. The number of carbonyl (C=O) groups excluding carboxylic acids is 1. The molecule has 156 valence electrons. The maximum Gasteiger partial charge on any atom is 0.257 e. The number of halogens is 1. The number of ether oxygens (including phenoxy) is 1. The van der Waals surface area contributed by atoms with Gasteiger partial charge in [-0.15, -0.1) is 0 Å². The van der Waals surface area contributed by atoms with Gasteiger partial charge in [0.05, 0.1) is 25.0 Å². The lowest BCUT2D eigenvalue weighted by atomic mass is 10.1. The Kier molecular flexibility index (Phi) is 6.85. The minimum atomic E-state index is -3.34. The number of methoxy groups -OCH3 is 1. The van der Waals surface area contributed by atoms with Crippen LogP contribution < -0.4 is 4.74 Å². The number of hydrogen-bond acceptors (Lipinski definition) is 5. The van der Waals surface area contributed by atoms with Gasteiger partial charge in [-0.05, 0) is 44.1 Å². The fourth-order valence-electron chi connectivity index (χ4n) is 3.86. The first kappa shape index (κ1) is 21.4. The Bertz CT molecular complexity index is 805. The highest BCUT2D eigenvalue weighted by molar-refractivity contribution is 7.88. The van der Waals surface area contributed by atoms with E-state index in [1.807, 2.05) is 0 Å². The average molecular weight is 430 g/mol. The number of benzene rings is 1. The molecule has 1 aromatic rings. The molecule has 0 atom stereocenters. The van der Waals surface area contributed by atoms with Crippen molar-refractivity contribution in [2.75, 3.05) is 52.6 Å². The zero-order valence-corrected chi connectivity index (χ0v) is 18.0. The van der Waals surface area contributed by atoms with Gasteiger partial charge in [0.2, 0.25) is 10.0 Å². The molecule has 2 heterocycles. The summed E-state index contributed by atoms with van der Waals surface area (Å²) in [5.74, 6) is 0.267. The number of amides is 1. The molecule has 2 aliphatic rings. The van der Waals surface area contributed by atoms with Crippen molar-refractivity contribution in [3.05, 3.63) is 28.8 Å². The second-order valence-corrected chi connectivity index (χ2v) is 9.86. The number of nitrogens with zero attached hydrogens (tertiary/aromatic N) is 3. The van der Waals surface area contributed by atoms with E-state index in [2.05, 4.69) is 4.90 Å². The lowest BCUT2D eigenvalue weighted by Crippen LogP contribution is -2.63. The van der Waals surface area contributed by atoms with Crippen LogP contribution in [0.25, 0.3) is 0 Å². The summed E-state index contributed by atoms with van der Waals surface area (Å²) in [6, 6.07) is 4.73. The van der Waals surface area contributed by atoms with E-state index in [9.17, 15) is 13.2 Å². The van der Waals surface area contributed by atoms with Gasteiger partial charge in [-0.3, -0.25) is 4.79 Å². The van der Waals surface area contributed by atoms with E-state index >= 15 is 0 Å². The zero-order chi connectivity index (χ0) is 20.3. The van der Waals surface area contributed by atoms with E-state index < -0.39 is 10.0 Å². The molecule has 0 unspecified atom stereocenters. The van der Waals surface area contributed by atoms with Crippen LogP contribution in [0.15, 0.2) is 18.2 Å². The van der Waals surface area contributed by atoms with Crippen LogP contribution in [0.3, 0.4) is 0 Å². The fourth-order valence-corrected chi connectivity index (χ4v) is 5.12. The van der Waals surface area contributed by atoms with Crippen molar-refractivity contribution in [1.29, 1.82) is 0 Å². The van der Waals surface area contributed by atoms with E-state index in [4.69, 9.17) is 16.3 Å². The van der Waals surface area contributed by atoms with Gasteiger partial charge < -0.3 is 14.5 Å². The highest BCUT2D eigenvalue weighted by Crippen LogP contribution is 2.27. The topological polar surface area (TPSA) is 70.2 Å². The average Bonchev–Trinajstić information content (AvgIpc) is 2.62. The molecule has 2 aliphatic heterocycles.